The third-order valence-electron chi connectivity index (χ3n) is 2.87. The predicted molar refractivity (Wildman–Crippen MR) is 72.5 cm³/mol. The molecule has 0 amide bonds. The molecule has 0 aliphatic heterocycles. The molecule has 2 rings (SSSR count). The van der Waals surface area contributed by atoms with Crippen LogP contribution in [0.1, 0.15) is 13.3 Å². The summed E-state index contributed by atoms with van der Waals surface area (Å²) in [4.78, 5) is 12.3. The van der Waals surface area contributed by atoms with Gasteiger partial charge in [0.25, 0.3) is 0 Å². The van der Waals surface area contributed by atoms with Gasteiger partial charge in [0.15, 0.2) is 0 Å². The summed E-state index contributed by atoms with van der Waals surface area (Å²) in [6.45, 7) is 6.45. The highest BCUT2D eigenvalue weighted by molar-refractivity contribution is 6.17. The number of para-hydroxylation sites is 2. The van der Waals surface area contributed by atoms with Gasteiger partial charge in [-0.3, -0.25) is 9.13 Å². The van der Waals surface area contributed by atoms with Crippen LogP contribution in [0.25, 0.3) is 16.7 Å². The summed E-state index contributed by atoms with van der Waals surface area (Å²) in [5.41, 5.74) is 2.56. The van der Waals surface area contributed by atoms with Crippen LogP contribution in [0, 0.1) is 0 Å². The van der Waals surface area contributed by atoms with Crippen LogP contribution in [0.2, 0.25) is 0 Å². The van der Waals surface area contributed by atoms with Gasteiger partial charge in [0, 0.05) is 18.1 Å². The van der Waals surface area contributed by atoms with Crippen LogP contribution in [-0.4, -0.2) is 15.0 Å². The Labute approximate surface area is 105 Å². The van der Waals surface area contributed by atoms with Gasteiger partial charge in [-0.05, 0) is 18.6 Å². The number of aromatic nitrogens is 2. The summed E-state index contributed by atoms with van der Waals surface area (Å²) in [7, 11) is 0. The van der Waals surface area contributed by atoms with Gasteiger partial charge in [0.2, 0.25) is 0 Å². The Morgan fingerprint density at radius 1 is 1.35 bits per heavy atom. The fraction of sp³-hybridized carbons (Fsp3) is 0.308. The number of hydrogen-bond acceptors (Lipinski definition) is 1. The molecule has 0 fully saturated rings. The van der Waals surface area contributed by atoms with E-state index in [2.05, 4.69) is 6.58 Å². The summed E-state index contributed by atoms with van der Waals surface area (Å²) in [5.74, 6) is 0.423. The van der Waals surface area contributed by atoms with E-state index in [4.69, 9.17) is 11.6 Å². The molecule has 90 valence electrons. The number of fused-ring (bicyclic) bond motifs is 1. The molecule has 0 saturated carbocycles. The van der Waals surface area contributed by atoms with Crippen molar-refractivity contribution in [3.63, 3.8) is 0 Å². The van der Waals surface area contributed by atoms with E-state index in [1.165, 1.54) is 0 Å². The summed E-state index contributed by atoms with van der Waals surface area (Å²) in [6, 6.07) is 7.71. The lowest BCUT2D eigenvalue weighted by Gasteiger charge is -2.03. The Morgan fingerprint density at radius 2 is 2.00 bits per heavy atom. The molecule has 0 N–H and O–H groups in total. The first-order valence-corrected chi connectivity index (χ1v) is 6.18. The smallest absolute Gasteiger partial charge is 0.290 e. The van der Waals surface area contributed by atoms with Crippen LogP contribution in [0.5, 0.6) is 0 Å². The molecular weight excluding hydrogens is 236 g/mol. The molecule has 0 aliphatic rings. The Bertz CT molecular complexity index is 609. The molecule has 2 aromatic rings. The van der Waals surface area contributed by atoms with Gasteiger partial charge >= 0.3 is 5.69 Å². The highest BCUT2D eigenvalue weighted by Gasteiger charge is 2.13. The second-order valence-corrected chi connectivity index (χ2v) is 4.25. The van der Waals surface area contributed by atoms with E-state index in [1.807, 2.05) is 31.2 Å². The maximum Gasteiger partial charge on any atom is 0.333 e. The lowest BCUT2D eigenvalue weighted by atomic mass is 10.3. The Kier molecular flexibility index (Phi) is 3.38. The number of benzene rings is 1. The summed E-state index contributed by atoms with van der Waals surface area (Å²) in [6.07, 6.45) is 0.745. The van der Waals surface area contributed by atoms with Crippen molar-refractivity contribution >= 4 is 28.3 Å². The number of halogens is 1. The van der Waals surface area contributed by atoms with E-state index in [0.29, 0.717) is 12.4 Å². The molecule has 17 heavy (non-hydrogen) atoms. The number of imidazole rings is 1. The van der Waals surface area contributed by atoms with Crippen molar-refractivity contribution in [2.75, 3.05) is 5.88 Å². The van der Waals surface area contributed by atoms with Gasteiger partial charge in [0.1, 0.15) is 0 Å². The molecule has 4 heteroatoms. The minimum absolute atomic E-state index is 0.0568. The monoisotopic (exact) mass is 250 g/mol. The van der Waals surface area contributed by atoms with E-state index in [9.17, 15) is 4.79 Å². The van der Waals surface area contributed by atoms with E-state index in [1.54, 1.807) is 9.13 Å². The molecule has 1 aromatic heterocycles. The number of nitrogens with zero attached hydrogens (tertiary/aromatic N) is 2. The van der Waals surface area contributed by atoms with Crippen molar-refractivity contribution < 1.29 is 0 Å². The SMILES string of the molecule is C=C(CC)n1c(=O)n(CCCl)c2ccccc21. The van der Waals surface area contributed by atoms with Crippen molar-refractivity contribution in [1.29, 1.82) is 0 Å². The number of rotatable bonds is 4. The van der Waals surface area contributed by atoms with Crippen LogP contribution in [-0.2, 0) is 6.54 Å². The first-order valence-electron chi connectivity index (χ1n) is 5.65. The summed E-state index contributed by atoms with van der Waals surface area (Å²) < 4.78 is 3.37. The maximum atomic E-state index is 12.3. The van der Waals surface area contributed by atoms with Crippen LogP contribution in [0.3, 0.4) is 0 Å². The van der Waals surface area contributed by atoms with Crippen molar-refractivity contribution in [1.82, 2.24) is 9.13 Å². The molecule has 0 unspecified atom stereocenters. The topological polar surface area (TPSA) is 26.9 Å². The quantitative estimate of drug-likeness (QED) is 0.767. The molecule has 0 radical (unpaired) electrons. The summed E-state index contributed by atoms with van der Waals surface area (Å²) >= 11 is 5.74. The third-order valence-corrected chi connectivity index (χ3v) is 3.04. The fourth-order valence-corrected chi connectivity index (χ4v) is 2.14. The number of alkyl halides is 1. The molecular formula is C13H15ClN2O. The predicted octanol–water partition coefficient (Wildman–Crippen LogP) is 2.92. The van der Waals surface area contributed by atoms with E-state index < -0.39 is 0 Å². The van der Waals surface area contributed by atoms with Gasteiger partial charge in [-0.25, -0.2) is 4.79 Å². The Balaban J connectivity index is 2.79. The van der Waals surface area contributed by atoms with Gasteiger partial charge in [0.05, 0.1) is 11.0 Å². The Morgan fingerprint density at radius 3 is 2.59 bits per heavy atom. The highest BCUT2D eigenvalue weighted by atomic mass is 35.5. The second kappa shape index (κ2) is 4.80. The van der Waals surface area contributed by atoms with Gasteiger partial charge in [-0.15, -0.1) is 11.6 Å². The van der Waals surface area contributed by atoms with Crippen LogP contribution in [0.15, 0.2) is 35.6 Å². The molecule has 3 nitrogen and oxygen atoms in total. The van der Waals surface area contributed by atoms with Gasteiger partial charge in [-0.2, -0.15) is 0 Å². The fourth-order valence-electron chi connectivity index (χ4n) is 1.97. The third kappa shape index (κ3) is 1.91. The van der Waals surface area contributed by atoms with Crippen molar-refractivity contribution in [2.45, 2.75) is 19.9 Å². The van der Waals surface area contributed by atoms with E-state index in [-0.39, 0.29) is 5.69 Å². The molecule has 0 atom stereocenters. The number of hydrogen-bond donors (Lipinski definition) is 0. The van der Waals surface area contributed by atoms with Crippen LogP contribution < -0.4 is 5.69 Å². The zero-order valence-corrected chi connectivity index (χ0v) is 10.6. The Hall–Kier alpha value is -1.48. The largest absolute Gasteiger partial charge is 0.333 e. The standard InChI is InChI=1S/C13H15ClN2O/c1-3-10(2)16-12-7-5-4-6-11(12)15(9-8-14)13(16)17/h4-7H,2-3,8-9H2,1H3. The second-order valence-electron chi connectivity index (χ2n) is 3.87. The summed E-state index contributed by atoms with van der Waals surface area (Å²) in [5, 5.41) is 0. The lowest BCUT2D eigenvalue weighted by molar-refractivity contribution is 0.738. The van der Waals surface area contributed by atoms with Crippen molar-refractivity contribution in [3.05, 3.63) is 41.3 Å². The average molecular weight is 251 g/mol. The molecule has 1 heterocycles. The normalized spacial score (nSPS) is 10.9. The molecule has 1 aromatic carbocycles. The van der Waals surface area contributed by atoms with Crippen molar-refractivity contribution in [3.8, 4) is 0 Å². The van der Waals surface area contributed by atoms with Gasteiger partial charge < -0.3 is 0 Å². The van der Waals surface area contributed by atoms with E-state index in [0.717, 1.165) is 23.2 Å². The zero-order chi connectivity index (χ0) is 12.4. The van der Waals surface area contributed by atoms with Crippen molar-refractivity contribution in [2.24, 2.45) is 0 Å². The minimum atomic E-state index is -0.0568. The maximum absolute atomic E-state index is 12.3. The first kappa shape index (κ1) is 12.0. The number of allylic oxidation sites excluding steroid dienone is 1. The molecule has 0 spiro atoms. The lowest BCUT2D eigenvalue weighted by Crippen LogP contribution is -2.24. The molecule has 0 bridgehead atoms. The van der Waals surface area contributed by atoms with Crippen LogP contribution in [0.4, 0.5) is 0 Å². The van der Waals surface area contributed by atoms with Gasteiger partial charge in [-0.1, -0.05) is 25.6 Å². The first-order chi connectivity index (χ1) is 8.20. The zero-order valence-electron chi connectivity index (χ0n) is 9.82. The van der Waals surface area contributed by atoms with E-state index >= 15 is 0 Å². The molecule has 0 saturated heterocycles. The van der Waals surface area contributed by atoms with Crippen LogP contribution >= 0.6 is 11.6 Å². The average Bonchev–Trinajstić information content (AvgIpc) is 2.63. The molecule has 0 aliphatic carbocycles. The number of aryl methyl sites for hydroxylation is 1. The highest BCUT2D eigenvalue weighted by Crippen LogP contribution is 2.17. The minimum Gasteiger partial charge on any atom is -0.290 e.